The number of anilines is 1. The van der Waals surface area contributed by atoms with Crippen LogP contribution in [0.1, 0.15) is 30.9 Å². The molecule has 0 radical (unpaired) electrons. The molecule has 3 N–H and O–H groups in total. The van der Waals surface area contributed by atoms with Gasteiger partial charge in [-0.2, -0.15) is 0 Å². The molecular weight excluding hydrogens is 455 g/mol. The second-order valence-corrected chi connectivity index (χ2v) is 7.71. The van der Waals surface area contributed by atoms with Crippen molar-refractivity contribution in [3.05, 3.63) is 84.6 Å². The summed E-state index contributed by atoms with van der Waals surface area (Å²) in [7, 11) is 0. The van der Waals surface area contributed by atoms with Crippen LogP contribution in [0.2, 0.25) is 0 Å². The predicted molar refractivity (Wildman–Crippen MR) is 127 cm³/mol. The number of pyridine rings is 1. The summed E-state index contributed by atoms with van der Waals surface area (Å²) in [6.07, 6.45) is 2.13. The van der Waals surface area contributed by atoms with Gasteiger partial charge in [-0.05, 0) is 35.2 Å². The third-order valence-electron chi connectivity index (χ3n) is 5.12. The second-order valence-electron chi connectivity index (χ2n) is 7.71. The fraction of sp³-hybridized carbons (Fsp3) is 0.231. The fourth-order valence-electron chi connectivity index (χ4n) is 3.40. The summed E-state index contributed by atoms with van der Waals surface area (Å²) in [6, 6.07) is 21.8. The summed E-state index contributed by atoms with van der Waals surface area (Å²) in [5.41, 5.74) is 2.66. The minimum atomic E-state index is -1.28. The zero-order valence-corrected chi connectivity index (χ0v) is 21.7. The van der Waals surface area contributed by atoms with Gasteiger partial charge in [0.2, 0.25) is 11.8 Å². The van der Waals surface area contributed by atoms with Gasteiger partial charge in [-0.25, -0.2) is 4.98 Å². The number of aromatic nitrogens is 1. The number of nitrogens with zero attached hydrogens (tertiary/aromatic N) is 1. The molecule has 0 aliphatic heterocycles. The van der Waals surface area contributed by atoms with E-state index in [0.29, 0.717) is 18.5 Å². The molecule has 0 bridgehead atoms. The topological polar surface area (TPSA) is 123 Å². The average molecular weight is 483 g/mol. The number of amides is 2. The molecule has 1 heterocycles. The van der Waals surface area contributed by atoms with Gasteiger partial charge in [0.1, 0.15) is 5.82 Å². The van der Waals surface area contributed by atoms with Crippen LogP contribution in [0.15, 0.2) is 79.0 Å². The number of carboxylic acids is 1. The van der Waals surface area contributed by atoms with Crippen LogP contribution in [0, 0.1) is 0 Å². The molecule has 3 aromatic rings. The molecule has 1 aromatic heterocycles. The molecule has 0 aliphatic carbocycles. The molecule has 1 atom stereocenters. The summed E-state index contributed by atoms with van der Waals surface area (Å²) < 4.78 is 0. The maximum absolute atomic E-state index is 12.4. The Hall–Kier alpha value is -3.20. The molecule has 8 nitrogen and oxygen atoms in total. The van der Waals surface area contributed by atoms with Crippen molar-refractivity contribution in [3.8, 4) is 11.1 Å². The van der Waals surface area contributed by atoms with E-state index in [1.807, 2.05) is 60.7 Å². The molecule has 0 aliphatic rings. The fourth-order valence-corrected chi connectivity index (χ4v) is 3.40. The summed E-state index contributed by atoms with van der Waals surface area (Å²) in [5, 5.41) is 19.6. The van der Waals surface area contributed by atoms with E-state index < -0.39 is 17.9 Å². The Morgan fingerprint density at radius 1 is 0.857 bits per heavy atom. The number of rotatable bonds is 12. The minimum absolute atomic E-state index is 0. The van der Waals surface area contributed by atoms with Crippen LogP contribution in [-0.2, 0) is 14.4 Å². The number of carbonyl (C=O) groups is 3. The van der Waals surface area contributed by atoms with E-state index in [4.69, 9.17) is 0 Å². The van der Waals surface area contributed by atoms with Crippen molar-refractivity contribution < 1.29 is 49.0 Å². The van der Waals surface area contributed by atoms with Gasteiger partial charge in [-0.15, -0.1) is 0 Å². The first-order chi connectivity index (χ1) is 16.5. The predicted octanol–water partition coefficient (Wildman–Crippen LogP) is -0.942. The molecule has 0 saturated heterocycles. The van der Waals surface area contributed by atoms with Gasteiger partial charge in [0.05, 0.1) is 12.6 Å². The first-order valence-corrected chi connectivity index (χ1v) is 11.1. The molecule has 0 fully saturated rings. The average Bonchev–Trinajstić information content (AvgIpc) is 2.86. The number of carboxylic acid groups (broad SMARTS) is 1. The molecule has 1 unspecified atom stereocenters. The number of benzene rings is 2. The van der Waals surface area contributed by atoms with Gasteiger partial charge < -0.3 is 25.9 Å². The standard InChI is InChI=1S/C26H28N4O4.Na/c31-24(10-6-16-28-23-9-4-5-15-27-23)29-18-25(32)30-22(17-26(33)34)21-13-11-20(12-14-21)19-7-2-1-3-8-19;/h1-5,7-9,11-15,22H,6,10,16-18H2,(H,27,28)(H,29,31)(H,30,32)(H,33,34);/q;+1/p-1. The van der Waals surface area contributed by atoms with Crippen LogP contribution < -0.4 is 50.6 Å². The molecular formula is C26H27N4NaO4. The van der Waals surface area contributed by atoms with Crippen molar-refractivity contribution in [2.45, 2.75) is 25.3 Å². The van der Waals surface area contributed by atoms with E-state index in [9.17, 15) is 19.5 Å². The van der Waals surface area contributed by atoms with Crippen molar-refractivity contribution in [1.82, 2.24) is 15.6 Å². The normalized spacial score (nSPS) is 11.0. The number of carbonyl (C=O) groups excluding carboxylic acids is 3. The number of nitrogens with one attached hydrogen (secondary N) is 3. The Morgan fingerprint density at radius 2 is 1.54 bits per heavy atom. The van der Waals surface area contributed by atoms with E-state index in [1.54, 1.807) is 18.3 Å². The first kappa shape index (κ1) is 28.0. The summed E-state index contributed by atoms with van der Waals surface area (Å²) in [4.78, 5) is 39.7. The van der Waals surface area contributed by atoms with Crippen molar-refractivity contribution >= 4 is 23.6 Å². The van der Waals surface area contributed by atoms with Gasteiger partial charge in [-0.3, -0.25) is 9.59 Å². The SMILES string of the molecule is O=C([O-])CC(NC(=O)CNC(=O)CCCNc1ccccn1)c1ccc(-c2ccccc2)cc1.[Na+]. The smallest absolute Gasteiger partial charge is 0.550 e. The van der Waals surface area contributed by atoms with Crippen molar-refractivity contribution in [2.24, 2.45) is 0 Å². The van der Waals surface area contributed by atoms with Crippen LogP contribution in [-0.4, -0.2) is 35.9 Å². The molecule has 176 valence electrons. The van der Waals surface area contributed by atoms with E-state index in [2.05, 4.69) is 20.9 Å². The molecule has 2 amide bonds. The van der Waals surface area contributed by atoms with Crippen molar-refractivity contribution in [3.63, 3.8) is 0 Å². The Labute approximate surface area is 226 Å². The summed E-state index contributed by atoms with van der Waals surface area (Å²) in [6.45, 7) is 0.335. The maximum atomic E-state index is 12.4. The van der Waals surface area contributed by atoms with Gasteiger partial charge >= 0.3 is 29.6 Å². The van der Waals surface area contributed by atoms with Crippen LogP contribution in [0.4, 0.5) is 5.82 Å². The van der Waals surface area contributed by atoms with Crippen molar-refractivity contribution in [1.29, 1.82) is 0 Å². The molecule has 9 heteroatoms. The van der Waals surface area contributed by atoms with E-state index in [0.717, 1.165) is 16.9 Å². The van der Waals surface area contributed by atoms with Gasteiger partial charge in [-0.1, -0.05) is 60.7 Å². The molecule has 2 aromatic carbocycles. The molecule has 35 heavy (non-hydrogen) atoms. The van der Waals surface area contributed by atoms with E-state index >= 15 is 0 Å². The van der Waals surface area contributed by atoms with Crippen LogP contribution in [0.25, 0.3) is 11.1 Å². The monoisotopic (exact) mass is 482 g/mol. The van der Waals surface area contributed by atoms with Gasteiger partial charge in [0.25, 0.3) is 0 Å². The zero-order valence-electron chi connectivity index (χ0n) is 19.7. The number of hydrogen-bond acceptors (Lipinski definition) is 6. The van der Waals surface area contributed by atoms with Crippen LogP contribution in [0.5, 0.6) is 0 Å². The minimum Gasteiger partial charge on any atom is -0.550 e. The largest absolute Gasteiger partial charge is 1.00 e. The second kappa shape index (κ2) is 14.9. The van der Waals surface area contributed by atoms with Crippen LogP contribution >= 0.6 is 0 Å². The van der Waals surface area contributed by atoms with Crippen LogP contribution in [0.3, 0.4) is 0 Å². The Balaban J connectivity index is 0.00000432. The number of hydrogen-bond donors (Lipinski definition) is 3. The Kier molecular flexibility index (Phi) is 12.0. The number of aliphatic carboxylic acids is 1. The maximum Gasteiger partial charge on any atom is 1.00 e. The Morgan fingerprint density at radius 3 is 2.20 bits per heavy atom. The third kappa shape index (κ3) is 9.90. The van der Waals surface area contributed by atoms with Gasteiger partial charge in [0.15, 0.2) is 0 Å². The summed E-state index contributed by atoms with van der Waals surface area (Å²) in [5.74, 6) is -1.28. The molecule has 0 saturated carbocycles. The summed E-state index contributed by atoms with van der Waals surface area (Å²) >= 11 is 0. The zero-order chi connectivity index (χ0) is 24.2. The van der Waals surface area contributed by atoms with Crippen molar-refractivity contribution in [2.75, 3.05) is 18.4 Å². The van der Waals surface area contributed by atoms with Gasteiger partial charge in [0, 0.05) is 31.6 Å². The quantitative estimate of drug-likeness (QED) is 0.226. The Bertz CT molecular complexity index is 1080. The van der Waals surface area contributed by atoms with E-state index in [-0.39, 0.29) is 54.9 Å². The first-order valence-electron chi connectivity index (χ1n) is 11.1. The van der Waals surface area contributed by atoms with E-state index in [1.165, 1.54) is 0 Å². The molecule has 3 rings (SSSR count). The molecule has 0 spiro atoms. The third-order valence-corrected chi connectivity index (χ3v) is 5.12.